The van der Waals surface area contributed by atoms with E-state index in [0.717, 1.165) is 40.6 Å². The quantitative estimate of drug-likeness (QED) is 0.758. The number of hydrogen-bond acceptors (Lipinski definition) is 5. The van der Waals surface area contributed by atoms with Gasteiger partial charge in [0.25, 0.3) is 0 Å². The lowest BCUT2D eigenvalue weighted by molar-refractivity contribution is -0.113. The van der Waals surface area contributed by atoms with Crippen LogP contribution in [-0.2, 0) is 11.2 Å². The van der Waals surface area contributed by atoms with E-state index in [9.17, 15) is 4.79 Å². The number of thioether (sulfide) groups is 1. The van der Waals surface area contributed by atoms with E-state index in [0.29, 0.717) is 5.75 Å². The van der Waals surface area contributed by atoms with Crippen LogP contribution in [0.15, 0.2) is 51.8 Å². The van der Waals surface area contributed by atoms with E-state index in [1.54, 1.807) is 11.3 Å². The van der Waals surface area contributed by atoms with Gasteiger partial charge in [0.2, 0.25) is 5.91 Å². The second-order valence-electron chi connectivity index (χ2n) is 6.94. The molecule has 1 aliphatic heterocycles. The van der Waals surface area contributed by atoms with E-state index in [1.165, 1.54) is 30.2 Å². The van der Waals surface area contributed by atoms with Crippen LogP contribution in [-0.4, -0.2) is 28.1 Å². The third-order valence-electron chi connectivity index (χ3n) is 4.95. The molecule has 1 aromatic heterocycles. The SMILES string of the molecule is CCc1cccc(NC(=O)CSC2=NC3(CCCC3)N=C2c2cccs2)c1. The van der Waals surface area contributed by atoms with E-state index in [-0.39, 0.29) is 11.6 Å². The predicted molar refractivity (Wildman–Crippen MR) is 116 cm³/mol. The minimum atomic E-state index is -0.270. The van der Waals surface area contributed by atoms with Crippen LogP contribution in [0.4, 0.5) is 5.69 Å². The minimum Gasteiger partial charge on any atom is -0.325 e. The Kier molecular flexibility index (Phi) is 5.45. The number of carbonyl (C=O) groups is 1. The molecule has 140 valence electrons. The van der Waals surface area contributed by atoms with Crippen LogP contribution in [0.1, 0.15) is 43.0 Å². The molecule has 1 N–H and O–H groups in total. The van der Waals surface area contributed by atoms with Crippen LogP contribution >= 0.6 is 23.1 Å². The van der Waals surface area contributed by atoms with Gasteiger partial charge in [-0.3, -0.25) is 9.79 Å². The summed E-state index contributed by atoms with van der Waals surface area (Å²) in [6, 6.07) is 12.1. The summed E-state index contributed by atoms with van der Waals surface area (Å²) in [5.74, 6) is 0.337. The zero-order valence-corrected chi connectivity index (χ0v) is 17.0. The fourth-order valence-corrected chi connectivity index (χ4v) is 5.21. The molecule has 1 fully saturated rings. The van der Waals surface area contributed by atoms with Crippen molar-refractivity contribution in [2.24, 2.45) is 9.98 Å². The molecule has 27 heavy (non-hydrogen) atoms. The first kappa shape index (κ1) is 18.4. The lowest BCUT2D eigenvalue weighted by Crippen LogP contribution is -2.17. The number of carbonyl (C=O) groups excluding carboxylic acids is 1. The van der Waals surface area contributed by atoms with Crippen molar-refractivity contribution < 1.29 is 4.79 Å². The Labute approximate surface area is 168 Å². The molecule has 0 bridgehead atoms. The maximum Gasteiger partial charge on any atom is 0.234 e. The fourth-order valence-electron chi connectivity index (χ4n) is 3.56. The molecule has 4 nitrogen and oxygen atoms in total. The zero-order chi connectivity index (χ0) is 18.7. The fraction of sp³-hybridized carbons (Fsp3) is 0.381. The third kappa shape index (κ3) is 4.17. The number of aliphatic imine (C=N–C) groups is 2. The first-order chi connectivity index (χ1) is 13.2. The number of nitrogens with one attached hydrogen (secondary N) is 1. The molecule has 4 rings (SSSR count). The van der Waals surface area contributed by atoms with Crippen LogP contribution in [0, 0.1) is 0 Å². The van der Waals surface area contributed by atoms with Crippen molar-refractivity contribution in [1.82, 2.24) is 0 Å². The molecule has 0 atom stereocenters. The summed E-state index contributed by atoms with van der Waals surface area (Å²) < 4.78 is 0. The zero-order valence-electron chi connectivity index (χ0n) is 15.4. The normalized spacial score (nSPS) is 17.8. The van der Waals surface area contributed by atoms with Crippen molar-refractivity contribution in [2.45, 2.75) is 44.7 Å². The first-order valence-corrected chi connectivity index (χ1v) is 11.3. The van der Waals surface area contributed by atoms with Crippen LogP contribution in [0.25, 0.3) is 0 Å². The Balaban J connectivity index is 1.44. The molecule has 2 aliphatic rings. The maximum absolute atomic E-state index is 12.5. The van der Waals surface area contributed by atoms with Gasteiger partial charge in [0.15, 0.2) is 5.66 Å². The Bertz CT molecular complexity index is 881. The molecular weight excluding hydrogens is 374 g/mol. The lowest BCUT2D eigenvalue weighted by Gasteiger charge is -2.14. The van der Waals surface area contributed by atoms with Gasteiger partial charge in [-0.25, -0.2) is 4.99 Å². The Hall–Kier alpha value is -1.92. The summed E-state index contributed by atoms with van der Waals surface area (Å²) in [5.41, 5.74) is 2.77. The molecule has 0 saturated heterocycles. The highest BCUT2D eigenvalue weighted by Gasteiger charge is 2.39. The molecule has 1 spiro atoms. The number of rotatable bonds is 5. The van der Waals surface area contributed by atoms with Crippen molar-refractivity contribution >= 4 is 45.4 Å². The van der Waals surface area contributed by atoms with Crippen LogP contribution in [0.3, 0.4) is 0 Å². The second-order valence-corrected chi connectivity index (χ2v) is 8.85. The van der Waals surface area contributed by atoms with E-state index in [4.69, 9.17) is 9.98 Å². The molecule has 0 unspecified atom stereocenters. The topological polar surface area (TPSA) is 53.8 Å². The summed E-state index contributed by atoms with van der Waals surface area (Å²) in [4.78, 5) is 23.6. The van der Waals surface area contributed by atoms with Crippen molar-refractivity contribution in [2.75, 3.05) is 11.1 Å². The summed E-state index contributed by atoms with van der Waals surface area (Å²) in [5, 5.41) is 5.98. The first-order valence-electron chi connectivity index (χ1n) is 9.43. The highest BCUT2D eigenvalue weighted by Crippen LogP contribution is 2.40. The Morgan fingerprint density at radius 1 is 1.22 bits per heavy atom. The number of anilines is 1. The lowest BCUT2D eigenvalue weighted by atomic mass is 10.1. The second kappa shape index (κ2) is 7.98. The van der Waals surface area contributed by atoms with E-state index in [1.807, 2.05) is 24.3 Å². The average molecular weight is 398 g/mol. The van der Waals surface area contributed by atoms with Crippen molar-refractivity contribution in [3.05, 3.63) is 52.2 Å². The van der Waals surface area contributed by atoms with E-state index in [2.05, 4.69) is 29.8 Å². The molecule has 1 aliphatic carbocycles. The van der Waals surface area contributed by atoms with Gasteiger partial charge in [-0.05, 0) is 61.2 Å². The maximum atomic E-state index is 12.5. The van der Waals surface area contributed by atoms with Gasteiger partial charge < -0.3 is 5.32 Å². The van der Waals surface area contributed by atoms with E-state index < -0.39 is 0 Å². The summed E-state index contributed by atoms with van der Waals surface area (Å²) >= 11 is 3.18. The van der Waals surface area contributed by atoms with Crippen LogP contribution in [0.5, 0.6) is 0 Å². The molecule has 6 heteroatoms. The van der Waals surface area contributed by atoms with Gasteiger partial charge in [0, 0.05) is 5.69 Å². The van der Waals surface area contributed by atoms with Gasteiger partial charge >= 0.3 is 0 Å². The number of aryl methyl sites for hydroxylation is 1. The third-order valence-corrected chi connectivity index (χ3v) is 6.79. The van der Waals surface area contributed by atoms with Gasteiger partial charge in [-0.2, -0.15) is 0 Å². The van der Waals surface area contributed by atoms with Gasteiger partial charge in [-0.1, -0.05) is 36.9 Å². The van der Waals surface area contributed by atoms with Gasteiger partial charge in [-0.15, -0.1) is 11.3 Å². The monoisotopic (exact) mass is 397 g/mol. The Morgan fingerprint density at radius 2 is 2.07 bits per heavy atom. The van der Waals surface area contributed by atoms with Crippen LogP contribution in [0.2, 0.25) is 0 Å². The molecule has 0 radical (unpaired) electrons. The predicted octanol–water partition coefficient (Wildman–Crippen LogP) is 5.15. The molecular formula is C21H23N3OS2. The molecule has 2 heterocycles. The number of nitrogens with zero attached hydrogens (tertiary/aromatic N) is 2. The smallest absolute Gasteiger partial charge is 0.234 e. The minimum absolute atomic E-state index is 0.00569. The molecule has 1 aromatic carbocycles. The highest BCUT2D eigenvalue weighted by atomic mass is 32.2. The van der Waals surface area contributed by atoms with Gasteiger partial charge in [0.05, 0.1) is 10.6 Å². The number of thiophene rings is 1. The standard InChI is InChI=1S/C21H23N3OS2/c1-2-15-7-5-8-16(13-15)22-18(25)14-27-20-19(17-9-6-12-26-17)23-21(24-20)10-3-4-11-21/h5-9,12-13H,2-4,10-11,14H2,1H3,(H,22,25). The van der Waals surface area contributed by atoms with Crippen molar-refractivity contribution in [1.29, 1.82) is 0 Å². The van der Waals surface area contributed by atoms with Crippen molar-refractivity contribution in [3.8, 4) is 0 Å². The number of benzene rings is 1. The van der Waals surface area contributed by atoms with E-state index >= 15 is 0 Å². The summed E-state index contributed by atoms with van der Waals surface area (Å²) in [6.07, 6.45) is 5.34. The van der Waals surface area contributed by atoms with Gasteiger partial charge in [0.1, 0.15) is 10.8 Å². The summed E-state index contributed by atoms with van der Waals surface area (Å²) in [7, 11) is 0. The molecule has 1 amide bonds. The Morgan fingerprint density at radius 3 is 2.81 bits per heavy atom. The van der Waals surface area contributed by atoms with Crippen LogP contribution < -0.4 is 5.32 Å². The highest BCUT2D eigenvalue weighted by molar-refractivity contribution is 8.16. The largest absolute Gasteiger partial charge is 0.325 e. The number of amides is 1. The average Bonchev–Trinajstić information content (AvgIpc) is 3.42. The summed E-state index contributed by atoms with van der Waals surface area (Å²) in [6.45, 7) is 2.11. The van der Waals surface area contributed by atoms with Crippen molar-refractivity contribution in [3.63, 3.8) is 0 Å². The number of hydrogen-bond donors (Lipinski definition) is 1. The molecule has 1 saturated carbocycles. The molecule has 2 aromatic rings.